The molecule has 0 radical (unpaired) electrons. The summed E-state index contributed by atoms with van der Waals surface area (Å²) in [6.45, 7) is 3.19. The molecule has 0 heterocycles. The molecule has 42 heavy (non-hydrogen) atoms. The van der Waals surface area contributed by atoms with Gasteiger partial charge in [0, 0.05) is 22.7 Å². The van der Waals surface area contributed by atoms with Crippen molar-refractivity contribution >= 4 is 41.4 Å². The van der Waals surface area contributed by atoms with E-state index in [0.29, 0.717) is 36.4 Å². The number of rotatable bonds is 11. The van der Waals surface area contributed by atoms with E-state index >= 15 is 0 Å². The van der Waals surface area contributed by atoms with Crippen LogP contribution in [0.2, 0.25) is 5.02 Å². The molecule has 0 saturated carbocycles. The summed E-state index contributed by atoms with van der Waals surface area (Å²) < 4.78 is 0. The summed E-state index contributed by atoms with van der Waals surface area (Å²) in [4.78, 5) is 41.8. The van der Waals surface area contributed by atoms with Gasteiger partial charge in [0.25, 0.3) is 0 Å². The van der Waals surface area contributed by atoms with Crippen molar-refractivity contribution in [3.8, 4) is 0 Å². The molecule has 0 saturated heterocycles. The lowest BCUT2D eigenvalue weighted by atomic mass is 10.2. The van der Waals surface area contributed by atoms with E-state index in [1.165, 1.54) is 17.7 Å². The van der Waals surface area contributed by atoms with E-state index in [4.69, 9.17) is 39.0 Å². The smallest absolute Gasteiger partial charge is 0.335 e. The number of halogens is 1. The lowest BCUT2D eigenvalue weighted by Gasteiger charge is -2.03. The number of aromatic carboxylic acids is 1. The highest BCUT2D eigenvalue weighted by atomic mass is 35.5. The van der Waals surface area contributed by atoms with Crippen LogP contribution in [0, 0.1) is 0 Å². The normalized spacial score (nSPS) is 10.2. The van der Waals surface area contributed by atoms with Gasteiger partial charge in [-0.05, 0) is 92.9 Å². The molecule has 0 bridgehead atoms. The fourth-order valence-corrected chi connectivity index (χ4v) is 3.09. The Morgan fingerprint density at radius 1 is 0.905 bits per heavy atom. The fourth-order valence-electron chi connectivity index (χ4n) is 2.96. The van der Waals surface area contributed by atoms with Crippen molar-refractivity contribution in [1.82, 2.24) is 0 Å². The number of aldehydes is 1. The Bertz CT molecular complexity index is 1180. The maximum Gasteiger partial charge on any atom is 0.335 e. The minimum absolute atomic E-state index is 0.00588. The van der Waals surface area contributed by atoms with Crippen LogP contribution in [0.15, 0.2) is 78.9 Å². The molecular formula is C31H41ClN4O6. The number of carbonyl (C=O) groups is 4. The number of aliphatic carboxylic acids is 1. The summed E-state index contributed by atoms with van der Waals surface area (Å²) in [5.41, 5.74) is 18.6. The third-order valence-corrected chi connectivity index (χ3v) is 5.46. The van der Waals surface area contributed by atoms with E-state index in [0.717, 1.165) is 31.4 Å². The molecule has 10 nitrogen and oxygen atoms in total. The van der Waals surface area contributed by atoms with Gasteiger partial charge >= 0.3 is 11.9 Å². The monoisotopic (exact) mass is 600 g/mol. The molecular weight excluding hydrogens is 560 g/mol. The quantitative estimate of drug-likeness (QED) is 0.170. The number of benzene rings is 3. The zero-order chi connectivity index (χ0) is 31.8. The molecule has 1 unspecified atom stereocenters. The summed E-state index contributed by atoms with van der Waals surface area (Å²) in [6.07, 6.45) is 4.26. The van der Waals surface area contributed by atoms with E-state index in [1.54, 1.807) is 36.4 Å². The second kappa shape index (κ2) is 23.6. The number of carbonyl (C=O) groups excluding carboxylic acids is 2. The molecule has 0 aliphatic heterocycles. The van der Waals surface area contributed by atoms with Crippen molar-refractivity contribution < 1.29 is 29.4 Å². The molecule has 0 spiro atoms. The average Bonchev–Trinajstić information content (AvgIpc) is 2.98. The van der Waals surface area contributed by atoms with E-state index < -0.39 is 18.0 Å². The predicted molar refractivity (Wildman–Crippen MR) is 167 cm³/mol. The minimum Gasteiger partial charge on any atom is -0.480 e. The Labute approximate surface area is 251 Å². The van der Waals surface area contributed by atoms with E-state index in [1.807, 2.05) is 25.1 Å². The number of nitrogens with one attached hydrogen (secondary N) is 1. The maximum absolute atomic E-state index is 11.2. The standard InChI is InChI=1S/C11H13NO2.C8H11N.C7H5ClO2.C5H12N2O2/c1-2-3-11(14)12-10-6-4-9(8-13)5-7-10;9-7-6-8-4-2-1-3-5-8;8-6-3-1-5(2-4-6)7(9)10;6-3-1-2-4(7)5(8)9/h4-8H,2-3H2,1H3,(H,12,14);1-5H,6-7,9H2;1-4H,(H,9,10);4H,1-3,6-7H2,(H,8,9). The second-order valence-corrected chi connectivity index (χ2v) is 9.19. The summed E-state index contributed by atoms with van der Waals surface area (Å²) in [7, 11) is 0. The number of hydrogen-bond donors (Lipinski definition) is 6. The van der Waals surface area contributed by atoms with Crippen LogP contribution in [0.4, 0.5) is 5.69 Å². The first-order valence-electron chi connectivity index (χ1n) is 13.3. The highest BCUT2D eigenvalue weighted by Crippen LogP contribution is 2.09. The Morgan fingerprint density at radius 2 is 1.50 bits per heavy atom. The van der Waals surface area contributed by atoms with Crippen molar-refractivity contribution in [2.75, 3.05) is 18.4 Å². The summed E-state index contributed by atoms with van der Waals surface area (Å²) >= 11 is 5.52. The first-order valence-corrected chi connectivity index (χ1v) is 13.7. The largest absolute Gasteiger partial charge is 0.480 e. The molecule has 0 aromatic heterocycles. The van der Waals surface area contributed by atoms with Gasteiger partial charge < -0.3 is 32.7 Å². The highest BCUT2D eigenvalue weighted by Gasteiger charge is 2.08. The van der Waals surface area contributed by atoms with Gasteiger partial charge in [0.2, 0.25) is 5.91 Å². The Kier molecular flexibility index (Phi) is 21.3. The van der Waals surface area contributed by atoms with Gasteiger partial charge in [-0.3, -0.25) is 14.4 Å². The number of nitrogens with two attached hydrogens (primary N) is 3. The number of anilines is 1. The number of carboxylic acids is 2. The topological polar surface area (TPSA) is 199 Å². The van der Waals surface area contributed by atoms with Gasteiger partial charge in [0.1, 0.15) is 12.3 Å². The van der Waals surface area contributed by atoms with Crippen LogP contribution < -0.4 is 22.5 Å². The molecule has 3 aromatic rings. The first-order chi connectivity index (χ1) is 20.1. The summed E-state index contributed by atoms with van der Waals surface area (Å²) in [6, 6.07) is 22.3. The summed E-state index contributed by atoms with van der Waals surface area (Å²) in [5, 5.41) is 20.0. The van der Waals surface area contributed by atoms with Crippen molar-refractivity contribution in [1.29, 1.82) is 0 Å². The summed E-state index contributed by atoms with van der Waals surface area (Å²) in [5.74, 6) is -1.88. The Hall–Kier alpha value is -4.09. The number of carboxylic acid groups (broad SMARTS) is 2. The molecule has 228 valence electrons. The molecule has 1 amide bonds. The van der Waals surface area contributed by atoms with Crippen molar-refractivity contribution in [2.24, 2.45) is 17.2 Å². The minimum atomic E-state index is -0.955. The van der Waals surface area contributed by atoms with E-state index in [2.05, 4.69) is 17.4 Å². The average molecular weight is 601 g/mol. The van der Waals surface area contributed by atoms with Crippen LogP contribution in [-0.2, 0) is 16.0 Å². The van der Waals surface area contributed by atoms with Crippen LogP contribution in [-0.4, -0.2) is 53.5 Å². The van der Waals surface area contributed by atoms with Crippen molar-refractivity contribution in [2.45, 2.75) is 45.1 Å². The molecule has 0 fully saturated rings. The van der Waals surface area contributed by atoms with Crippen LogP contribution in [0.25, 0.3) is 0 Å². The molecule has 11 heteroatoms. The van der Waals surface area contributed by atoms with Crippen molar-refractivity contribution in [3.63, 3.8) is 0 Å². The highest BCUT2D eigenvalue weighted by molar-refractivity contribution is 6.30. The van der Waals surface area contributed by atoms with Crippen molar-refractivity contribution in [3.05, 3.63) is 101 Å². The van der Waals surface area contributed by atoms with Crippen LogP contribution in [0.3, 0.4) is 0 Å². The molecule has 3 rings (SSSR count). The van der Waals surface area contributed by atoms with Gasteiger partial charge in [0.15, 0.2) is 0 Å². The number of amides is 1. The third kappa shape index (κ3) is 19.1. The van der Waals surface area contributed by atoms with Crippen LogP contribution in [0.1, 0.15) is 58.9 Å². The zero-order valence-electron chi connectivity index (χ0n) is 23.7. The van der Waals surface area contributed by atoms with E-state index in [-0.39, 0.29) is 11.5 Å². The SMILES string of the molecule is CCCC(=O)Nc1ccc(C=O)cc1.NCCCC(N)C(=O)O.NCCc1ccccc1.O=C(O)c1ccc(Cl)cc1. The van der Waals surface area contributed by atoms with Gasteiger partial charge in [-0.1, -0.05) is 48.9 Å². The number of hydrogen-bond acceptors (Lipinski definition) is 7. The van der Waals surface area contributed by atoms with Crippen LogP contribution >= 0.6 is 11.6 Å². The zero-order valence-corrected chi connectivity index (χ0v) is 24.5. The van der Waals surface area contributed by atoms with Gasteiger partial charge in [-0.2, -0.15) is 0 Å². The molecule has 9 N–H and O–H groups in total. The molecule has 0 aliphatic carbocycles. The van der Waals surface area contributed by atoms with Crippen LogP contribution in [0.5, 0.6) is 0 Å². The van der Waals surface area contributed by atoms with E-state index in [9.17, 15) is 19.2 Å². The predicted octanol–water partition coefficient (Wildman–Crippen LogP) is 4.60. The van der Waals surface area contributed by atoms with Gasteiger partial charge in [-0.25, -0.2) is 4.79 Å². The lowest BCUT2D eigenvalue weighted by molar-refractivity contribution is -0.138. The fraction of sp³-hybridized carbons (Fsp3) is 0.290. The lowest BCUT2D eigenvalue weighted by Crippen LogP contribution is -2.30. The Balaban J connectivity index is 0.000000544. The maximum atomic E-state index is 11.2. The second-order valence-electron chi connectivity index (χ2n) is 8.75. The first kappa shape index (κ1) is 37.9. The van der Waals surface area contributed by atoms with Gasteiger partial charge in [0.05, 0.1) is 5.56 Å². The van der Waals surface area contributed by atoms with Gasteiger partial charge in [-0.15, -0.1) is 0 Å². The Morgan fingerprint density at radius 3 is 1.95 bits per heavy atom. The molecule has 1 atom stereocenters. The molecule has 3 aromatic carbocycles. The third-order valence-electron chi connectivity index (χ3n) is 5.21. The molecule has 0 aliphatic rings.